The van der Waals surface area contributed by atoms with E-state index in [9.17, 15) is 9.59 Å². The second kappa shape index (κ2) is 11.7. The van der Waals surface area contributed by atoms with Gasteiger partial charge in [-0.05, 0) is 74.0 Å². The summed E-state index contributed by atoms with van der Waals surface area (Å²) in [6.45, 7) is 5.49. The van der Waals surface area contributed by atoms with E-state index >= 15 is 0 Å². The van der Waals surface area contributed by atoms with Crippen LogP contribution in [0.15, 0.2) is 54.6 Å². The van der Waals surface area contributed by atoms with Crippen molar-refractivity contribution in [3.05, 3.63) is 82.8 Å². The summed E-state index contributed by atoms with van der Waals surface area (Å²) in [5.41, 5.74) is 6.66. The number of carbonyl (C=O) groups is 2. The fourth-order valence-corrected chi connectivity index (χ4v) is 3.78. The number of aromatic nitrogens is 3. The number of nitrogens with zero attached hydrogens (tertiary/aromatic N) is 2. The molecule has 4 aromatic rings. The Kier molecular flexibility index (Phi) is 7.96. The SMILES string of the molecule is CC(=O)OCC#CCNC(=O)c1ccccc1Nc1ccc2c(/C=C/c3cc(C)cc(C)n3)n[nH]c2c1. The Morgan fingerprint density at radius 1 is 1.05 bits per heavy atom. The number of amides is 1. The van der Waals surface area contributed by atoms with E-state index in [1.54, 1.807) is 12.1 Å². The second-order valence-electron chi connectivity index (χ2n) is 8.40. The molecule has 2 heterocycles. The molecule has 3 N–H and O–H groups in total. The van der Waals surface area contributed by atoms with Crippen LogP contribution in [0.1, 0.15) is 39.9 Å². The first-order valence-electron chi connectivity index (χ1n) is 11.7. The van der Waals surface area contributed by atoms with Crippen LogP contribution < -0.4 is 10.6 Å². The lowest BCUT2D eigenvalue weighted by Gasteiger charge is -2.11. The van der Waals surface area contributed by atoms with Crippen molar-refractivity contribution in [2.75, 3.05) is 18.5 Å². The molecule has 0 bridgehead atoms. The van der Waals surface area contributed by atoms with Gasteiger partial charge in [-0.1, -0.05) is 24.0 Å². The summed E-state index contributed by atoms with van der Waals surface area (Å²) < 4.78 is 4.74. The fraction of sp³-hybridized carbons (Fsp3) is 0.172. The maximum absolute atomic E-state index is 12.7. The van der Waals surface area contributed by atoms with E-state index < -0.39 is 5.97 Å². The Bertz CT molecular complexity index is 1520. The maximum Gasteiger partial charge on any atom is 0.303 e. The number of fused-ring (bicyclic) bond motifs is 1. The Morgan fingerprint density at radius 2 is 1.89 bits per heavy atom. The number of benzene rings is 2. The quantitative estimate of drug-likeness (QED) is 0.252. The molecule has 0 atom stereocenters. The summed E-state index contributed by atoms with van der Waals surface area (Å²) in [4.78, 5) is 28.0. The van der Waals surface area contributed by atoms with Crippen LogP contribution in [-0.2, 0) is 9.53 Å². The number of para-hydroxylation sites is 1. The van der Waals surface area contributed by atoms with Gasteiger partial charge in [0.15, 0.2) is 6.61 Å². The Morgan fingerprint density at radius 3 is 2.70 bits per heavy atom. The molecule has 0 radical (unpaired) electrons. The largest absolute Gasteiger partial charge is 0.453 e. The van der Waals surface area contributed by atoms with Crippen molar-refractivity contribution in [3.8, 4) is 11.8 Å². The van der Waals surface area contributed by atoms with Crippen molar-refractivity contribution < 1.29 is 14.3 Å². The summed E-state index contributed by atoms with van der Waals surface area (Å²) in [5.74, 6) is 4.78. The van der Waals surface area contributed by atoms with Gasteiger partial charge in [0.25, 0.3) is 5.91 Å². The van der Waals surface area contributed by atoms with Crippen molar-refractivity contribution in [2.24, 2.45) is 0 Å². The van der Waals surface area contributed by atoms with Gasteiger partial charge in [0.05, 0.1) is 34.7 Å². The van der Waals surface area contributed by atoms with Crippen LogP contribution in [-0.4, -0.2) is 40.2 Å². The number of hydrogen-bond acceptors (Lipinski definition) is 6. The minimum atomic E-state index is -0.394. The molecular weight excluding hydrogens is 466 g/mol. The number of carbonyl (C=O) groups excluding carboxylic acids is 2. The van der Waals surface area contributed by atoms with E-state index in [1.807, 2.05) is 61.5 Å². The van der Waals surface area contributed by atoms with E-state index in [-0.39, 0.29) is 19.1 Å². The van der Waals surface area contributed by atoms with E-state index in [2.05, 4.69) is 44.6 Å². The van der Waals surface area contributed by atoms with Gasteiger partial charge in [-0.2, -0.15) is 5.10 Å². The molecule has 2 aromatic heterocycles. The van der Waals surface area contributed by atoms with Crippen LogP contribution in [0.5, 0.6) is 0 Å². The second-order valence-corrected chi connectivity index (χ2v) is 8.40. The van der Waals surface area contributed by atoms with Gasteiger partial charge in [-0.3, -0.25) is 19.7 Å². The van der Waals surface area contributed by atoms with Crippen molar-refractivity contribution in [1.29, 1.82) is 0 Å². The summed E-state index contributed by atoms with van der Waals surface area (Å²) in [7, 11) is 0. The summed E-state index contributed by atoms with van der Waals surface area (Å²) in [5, 5.41) is 14.6. The Balaban J connectivity index is 1.45. The highest BCUT2D eigenvalue weighted by Gasteiger charge is 2.11. The van der Waals surface area contributed by atoms with Gasteiger partial charge in [0.2, 0.25) is 0 Å². The normalized spacial score (nSPS) is 10.7. The summed E-state index contributed by atoms with van der Waals surface area (Å²) in [6.07, 6.45) is 3.90. The zero-order valence-electron chi connectivity index (χ0n) is 20.9. The number of ether oxygens (including phenoxy) is 1. The lowest BCUT2D eigenvalue weighted by atomic mass is 10.1. The molecule has 0 aliphatic rings. The number of nitrogens with one attached hydrogen (secondary N) is 3. The predicted molar refractivity (Wildman–Crippen MR) is 145 cm³/mol. The zero-order chi connectivity index (χ0) is 26.2. The molecule has 0 unspecified atom stereocenters. The van der Waals surface area contributed by atoms with Crippen LogP contribution in [0.2, 0.25) is 0 Å². The molecule has 0 fully saturated rings. The average molecular weight is 494 g/mol. The Labute approximate surface area is 215 Å². The third kappa shape index (κ3) is 6.83. The molecule has 4 rings (SSSR count). The van der Waals surface area contributed by atoms with E-state index in [4.69, 9.17) is 4.74 Å². The molecule has 186 valence electrons. The number of rotatable bonds is 7. The number of aryl methyl sites for hydroxylation is 2. The first-order valence-corrected chi connectivity index (χ1v) is 11.7. The third-order valence-corrected chi connectivity index (χ3v) is 5.38. The van der Waals surface area contributed by atoms with E-state index in [0.29, 0.717) is 11.3 Å². The van der Waals surface area contributed by atoms with Crippen LogP contribution in [0, 0.1) is 25.7 Å². The van der Waals surface area contributed by atoms with Gasteiger partial charge < -0.3 is 15.4 Å². The first kappa shape index (κ1) is 25.2. The Hall–Kier alpha value is -4.90. The highest BCUT2D eigenvalue weighted by molar-refractivity contribution is 6.01. The van der Waals surface area contributed by atoms with Crippen LogP contribution >= 0.6 is 0 Å². The van der Waals surface area contributed by atoms with Crippen LogP contribution in [0.25, 0.3) is 23.1 Å². The smallest absolute Gasteiger partial charge is 0.303 e. The lowest BCUT2D eigenvalue weighted by Crippen LogP contribution is -2.24. The molecule has 8 nitrogen and oxygen atoms in total. The molecule has 2 aromatic carbocycles. The van der Waals surface area contributed by atoms with Crippen molar-refractivity contribution in [3.63, 3.8) is 0 Å². The molecule has 1 amide bonds. The third-order valence-electron chi connectivity index (χ3n) is 5.38. The van der Waals surface area contributed by atoms with Crippen molar-refractivity contribution in [2.45, 2.75) is 20.8 Å². The molecule has 0 spiro atoms. The minimum absolute atomic E-state index is 0.000579. The van der Waals surface area contributed by atoms with Gasteiger partial charge in [-0.15, -0.1) is 0 Å². The number of anilines is 2. The predicted octanol–water partition coefficient (Wildman–Crippen LogP) is 4.79. The van der Waals surface area contributed by atoms with Gasteiger partial charge in [0.1, 0.15) is 0 Å². The van der Waals surface area contributed by atoms with Gasteiger partial charge in [-0.25, -0.2) is 0 Å². The van der Waals surface area contributed by atoms with Crippen molar-refractivity contribution >= 4 is 46.3 Å². The maximum atomic E-state index is 12.7. The fourth-order valence-electron chi connectivity index (χ4n) is 3.78. The molecule has 0 aliphatic carbocycles. The van der Waals surface area contributed by atoms with E-state index in [0.717, 1.165) is 39.2 Å². The molecule has 0 saturated carbocycles. The standard InChI is InChI=1S/C29H27N5O3/c1-19-16-20(2)31-22(17-19)11-13-27-24-12-10-23(18-28(24)34-33-27)32-26-9-5-4-8-25(26)29(36)30-14-6-7-15-37-21(3)35/h4-5,8-13,16-18,32H,14-15H2,1-3H3,(H,30,36)(H,33,34)/b13-11+. The number of hydrogen-bond donors (Lipinski definition) is 3. The topological polar surface area (TPSA) is 109 Å². The first-order chi connectivity index (χ1) is 17.9. The molecule has 0 aliphatic heterocycles. The van der Waals surface area contributed by atoms with E-state index in [1.165, 1.54) is 6.92 Å². The van der Waals surface area contributed by atoms with Crippen LogP contribution in [0.4, 0.5) is 11.4 Å². The lowest BCUT2D eigenvalue weighted by molar-refractivity contribution is -0.139. The summed E-state index contributed by atoms with van der Waals surface area (Å²) >= 11 is 0. The van der Waals surface area contributed by atoms with Gasteiger partial charge >= 0.3 is 5.97 Å². The highest BCUT2D eigenvalue weighted by atomic mass is 16.5. The monoisotopic (exact) mass is 493 g/mol. The summed E-state index contributed by atoms with van der Waals surface area (Å²) in [6, 6.07) is 17.2. The number of esters is 1. The molecule has 37 heavy (non-hydrogen) atoms. The number of aromatic amines is 1. The number of H-pyrrole nitrogens is 1. The van der Waals surface area contributed by atoms with Crippen molar-refractivity contribution in [1.82, 2.24) is 20.5 Å². The number of pyridine rings is 1. The molecule has 8 heteroatoms. The highest BCUT2D eigenvalue weighted by Crippen LogP contribution is 2.26. The average Bonchev–Trinajstić information content (AvgIpc) is 3.26. The minimum Gasteiger partial charge on any atom is -0.453 e. The van der Waals surface area contributed by atoms with Crippen LogP contribution in [0.3, 0.4) is 0 Å². The molecular formula is C29H27N5O3. The molecule has 0 saturated heterocycles. The van der Waals surface area contributed by atoms with Gasteiger partial charge in [0, 0.05) is 23.7 Å². The zero-order valence-corrected chi connectivity index (χ0v) is 20.9.